The predicted octanol–water partition coefficient (Wildman–Crippen LogP) is 10.2. The summed E-state index contributed by atoms with van der Waals surface area (Å²) in [6.45, 7) is 9.26. The molecule has 0 amide bonds. The van der Waals surface area contributed by atoms with E-state index in [9.17, 15) is 5.26 Å². The average molecular weight is 689 g/mol. The van der Waals surface area contributed by atoms with Crippen LogP contribution >= 0.6 is 15.9 Å². The van der Waals surface area contributed by atoms with Crippen molar-refractivity contribution in [1.29, 1.82) is 5.26 Å². The second-order valence-electron chi connectivity index (χ2n) is 14.2. The molecule has 1 aromatic heterocycles. The lowest BCUT2D eigenvalue weighted by atomic mass is 9.88. The van der Waals surface area contributed by atoms with Crippen molar-refractivity contribution >= 4 is 15.9 Å². The monoisotopic (exact) mass is 687 g/mol. The van der Waals surface area contributed by atoms with Gasteiger partial charge < -0.3 is 0 Å². The number of hydrogen-bond donors (Lipinski definition) is 0. The number of pyridine rings is 1. The molecule has 6 rings (SSSR count). The summed E-state index contributed by atoms with van der Waals surface area (Å²) in [5.74, 6) is 0.906. The summed E-state index contributed by atoms with van der Waals surface area (Å²) in [5, 5.41) is 10.5. The number of rotatable bonds is 16. The molecule has 2 fully saturated rings. The van der Waals surface area contributed by atoms with E-state index in [-0.39, 0.29) is 0 Å². The third-order valence-electron chi connectivity index (χ3n) is 10.6. The van der Waals surface area contributed by atoms with Gasteiger partial charge in [-0.1, -0.05) is 64.5 Å². The van der Waals surface area contributed by atoms with Gasteiger partial charge in [0, 0.05) is 36.9 Å². The molecule has 0 aliphatic heterocycles. The number of aromatic nitrogens is 1. The van der Waals surface area contributed by atoms with Gasteiger partial charge >= 0.3 is 0 Å². The Labute approximate surface area is 291 Å². The van der Waals surface area contributed by atoms with Crippen molar-refractivity contribution in [2.45, 2.75) is 104 Å². The molecule has 2 saturated carbocycles. The van der Waals surface area contributed by atoms with Gasteiger partial charge in [-0.25, -0.2) is 0 Å². The Kier molecular flexibility index (Phi) is 11.3. The molecule has 0 unspecified atom stereocenters. The summed E-state index contributed by atoms with van der Waals surface area (Å²) in [5.41, 5.74) is 16.1. The van der Waals surface area contributed by atoms with Gasteiger partial charge in [-0.2, -0.15) is 5.26 Å². The van der Waals surface area contributed by atoms with Crippen LogP contribution in [0.3, 0.4) is 0 Å². The standard InChI is InChI=1S/C43H50BrN3/c1-30-22-40(29-47(41-19-20-41)28-33-13-14-33)39(16-15-34-23-35(25-45)27-46-26-34)24-38(30)18-17-37-10-7-12-43(32(37)3)42-11-6-9-36(31(42)2)8-4-5-21-44/h6-7,9-12,22-24,26-27,33,41H,4-5,8,13-21,28-29H2,1-3H3. The summed E-state index contributed by atoms with van der Waals surface area (Å²) in [7, 11) is 0. The fraction of sp³-hybridized carbons (Fsp3) is 0.442. The second-order valence-corrected chi connectivity index (χ2v) is 15.0. The molecule has 2 aliphatic carbocycles. The highest BCUT2D eigenvalue weighted by atomic mass is 79.9. The van der Waals surface area contributed by atoms with Crippen LogP contribution in [0.2, 0.25) is 0 Å². The molecule has 1 heterocycles. The van der Waals surface area contributed by atoms with Crippen LogP contribution in [0, 0.1) is 38.0 Å². The first-order chi connectivity index (χ1) is 22.9. The predicted molar refractivity (Wildman–Crippen MR) is 199 cm³/mol. The molecule has 0 atom stereocenters. The molecule has 0 saturated heterocycles. The maximum atomic E-state index is 9.42. The zero-order chi connectivity index (χ0) is 32.8. The van der Waals surface area contributed by atoms with Crippen molar-refractivity contribution in [2.24, 2.45) is 5.92 Å². The first-order valence-corrected chi connectivity index (χ1v) is 19.0. The Morgan fingerprint density at radius 2 is 1.43 bits per heavy atom. The van der Waals surface area contributed by atoms with E-state index in [2.05, 4.69) is 101 Å². The van der Waals surface area contributed by atoms with Crippen LogP contribution in [0.15, 0.2) is 67.0 Å². The van der Waals surface area contributed by atoms with Gasteiger partial charge in [0.25, 0.3) is 0 Å². The number of hydrogen-bond acceptors (Lipinski definition) is 3. The van der Waals surface area contributed by atoms with Crippen molar-refractivity contribution in [1.82, 2.24) is 9.88 Å². The Morgan fingerprint density at radius 3 is 2.09 bits per heavy atom. The lowest BCUT2D eigenvalue weighted by Gasteiger charge is -2.25. The Hall–Kier alpha value is -3.26. The zero-order valence-corrected chi connectivity index (χ0v) is 30.2. The Balaban J connectivity index is 1.23. The minimum Gasteiger partial charge on any atom is -0.296 e. The molecule has 0 N–H and O–H groups in total. The highest BCUT2D eigenvalue weighted by molar-refractivity contribution is 9.09. The van der Waals surface area contributed by atoms with Crippen LogP contribution in [0.1, 0.15) is 94.2 Å². The highest BCUT2D eigenvalue weighted by Crippen LogP contribution is 2.37. The Morgan fingerprint density at radius 1 is 0.745 bits per heavy atom. The van der Waals surface area contributed by atoms with Crippen LogP contribution in [0.25, 0.3) is 11.1 Å². The molecule has 4 aromatic rings. The van der Waals surface area contributed by atoms with Gasteiger partial charge in [0.05, 0.1) is 5.56 Å². The number of halogens is 1. The van der Waals surface area contributed by atoms with Crippen molar-refractivity contribution in [2.75, 3.05) is 11.9 Å². The highest BCUT2D eigenvalue weighted by Gasteiger charge is 2.34. The number of alkyl halides is 1. The molecule has 0 radical (unpaired) electrons. The Bertz CT molecular complexity index is 1730. The van der Waals surface area contributed by atoms with E-state index in [1.807, 2.05) is 12.3 Å². The summed E-state index contributed by atoms with van der Waals surface area (Å²) in [6.07, 6.45) is 16.6. The van der Waals surface area contributed by atoms with Crippen LogP contribution in [-0.4, -0.2) is 27.8 Å². The van der Waals surface area contributed by atoms with E-state index >= 15 is 0 Å². The third kappa shape index (κ3) is 8.81. The smallest absolute Gasteiger partial charge is 0.101 e. The largest absolute Gasteiger partial charge is 0.296 e. The van der Waals surface area contributed by atoms with E-state index in [0.717, 1.165) is 61.5 Å². The molecular formula is C43H50BrN3. The van der Waals surface area contributed by atoms with E-state index < -0.39 is 0 Å². The zero-order valence-electron chi connectivity index (χ0n) is 28.6. The molecule has 2 aliphatic rings. The molecule has 0 spiro atoms. The normalized spacial score (nSPS) is 14.5. The van der Waals surface area contributed by atoms with Gasteiger partial charge in [0.15, 0.2) is 0 Å². The molecule has 47 heavy (non-hydrogen) atoms. The number of nitriles is 1. The molecule has 3 aromatic carbocycles. The first kappa shape index (κ1) is 33.6. The van der Waals surface area contributed by atoms with E-state index in [0.29, 0.717) is 5.56 Å². The first-order valence-electron chi connectivity index (χ1n) is 17.9. The summed E-state index contributed by atoms with van der Waals surface area (Å²) >= 11 is 3.59. The number of unbranched alkanes of at least 4 members (excludes halogenated alkanes) is 1. The number of aryl methyl sites for hydroxylation is 6. The third-order valence-corrected chi connectivity index (χ3v) is 11.1. The van der Waals surface area contributed by atoms with Gasteiger partial charge in [0.1, 0.15) is 6.07 Å². The fourth-order valence-electron chi connectivity index (χ4n) is 7.28. The minimum atomic E-state index is 0.644. The second kappa shape index (κ2) is 15.8. The molecule has 0 bridgehead atoms. The van der Waals surface area contributed by atoms with Crippen LogP contribution in [0.5, 0.6) is 0 Å². The van der Waals surface area contributed by atoms with Crippen molar-refractivity contribution in [3.8, 4) is 17.2 Å². The quantitative estimate of drug-likeness (QED) is 0.0869. The SMILES string of the molecule is Cc1cc(CN(CC2CC2)C2CC2)c(CCc2cncc(C#N)c2)cc1CCc1cccc(-c2cccc(CCCCBr)c2C)c1C. The summed E-state index contributed by atoms with van der Waals surface area (Å²) in [6, 6.07) is 23.8. The molecule has 3 nitrogen and oxygen atoms in total. The topological polar surface area (TPSA) is 39.9 Å². The maximum Gasteiger partial charge on any atom is 0.101 e. The molecule has 4 heteroatoms. The average Bonchev–Trinajstić information content (AvgIpc) is 4.01. The fourth-order valence-corrected chi connectivity index (χ4v) is 7.68. The molecular weight excluding hydrogens is 638 g/mol. The van der Waals surface area contributed by atoms with Crippen molar-refractivity contribution in [3.63, 3.8) is 0 Å². The van der Waals surface area contributed by atoms with Gasteiger partial charge in [0.2, 0.25) is 0 Å². The lowest BCUT2D eigenvalue weighted by Crippen LogP contribution is -2.28. The van der Waals surface area contributed by atoms with Crippen molar-refractivity contribution in [3.05, 3.63) is 123 Å². The van der Waals surface area contributed by atoms with Crippen molar-refractivity contribution < 1.29 is 0 Å². The van der Waals surface area contributed by atoms with Gasteiger partial charge in [-0.3, -0.25) is 9.88 Å². The minimum absolute atomic E-state index is 0.644. The molecule has 244 valence electrons. The maximum absolute atomic E-state index is 9.42. The van der Waals surface area contributed by atoms with Crippen LogP contribution < -0.4 is 0 Å². The summed E-state index contributed by atoms with van der Waals surface area (Å²) < 4.78 is 0. The van der Waals surface area contributed by atoms with Crippen LogP contribution in [-0.2, 0) is 38.6 Å². The lowest BCUT2D eigenvalue weighted by molar-refractivity contribution is 0.243. The van der Waals surface area contributed by atoms with E-state index in [1.165, 1.54) is 101 Å². The van der Waals surface area contributed by atoms with E-state index in [1.54, 1.807) is 6.20 Å². The van der Waals surface area contributed by atoms with Gasteiger partial charge in [-0.05, 0) is 165 Å². The number of benzene rings is 3. The van der Waals surface area contributed by atoms with Crippen LogP contribution in [0.4, 0.5) is 0 Å². The van der Waals surface area contributed by atoms with E-state index in [4.69, 9.17) is 0 Å². The van der Waals surface area contributed by atoms with Gasteiger partial charge in [-0.15, -0.1) is 0 Å². The summed E-state index contributed by atoms with van der Waals surface area (Å²) in [4.78, 5) is 7.11. The number of nitrogens with zero attached hydrogens (tertiary/aromatic N) is 3.